The molecule has 2 fully saturated rings. The molecule has 1 aromatic carbocycles. The Morgan fingerprint density at radius 3 is 2.71 bits per heavy atom. The lowest BCUT2D eigenvalue weighted by Gasteiger charge is -2.38. The van der Waals surface area contributed by atoms with E-state index in [0.717, 1.165) is 25.9 Å². The third-order valence-electron chi connectivity index (χ3n) is 5.64. The van der Waals surface area contributed by atoms with Crippen LogP contribution in [0.1, 0.15) is 23.2 Å². The summed E-state index contributed by atoms with van der Waals surface area (Å²) in [6.45, 7) is 3.84. The van der Waals surface area contributed by atoms with Gasteiger partial charge in [-0.2, -0.15) is 0 Å². The van der Waals surface area contributed by atoms with Crippen molar-refractivity contribution < 1.29 is 19.4 Å². The molecule has 2 atom stereocenters. The molecular formula is C21H27N3O4. The first-order valence-electron chi connectivity index (χ1n) is 9.85. The second-order valence-electron chi connectivity index (χ2n) is 7.54. The Bertz CT molecular complexity index is 784. The second-order valence-corrected chi connectivity index (χ2v) is 7.54. The van der Waals surface area contributed by atoms with E-state index in [0.29, 0.717) is 31.2 Å². The number of fused-ring (bicyclic) bond motifs is 1. The first-order chi connectivity index (χ1) is 13.6. The van der Waals surface area contributed by atoms with Gasteiger partial charge in [0.15, 0.2) is 0 Å². The van der Waals surface area contributed by atoms with E-state index in [2.05, 4.69) is 28.4 Å². The topological polar surface area (TPSA) is 97.1 Å². The number of phenolic OH excluding ortho intramolecular Hbond substituents is 1. The summed E-state index contributed by atoms with van der Waals surface area (Å²) in [6, 6.07) is 4.57. The van der Waals surface area contributed by atoms with Gasteiger partial charge in [0, 0.05) is 30.9 Å². The molecule has 0 aromatic heterocycles. The lowest BCUT2D eigenvalue weighted by molar-refractivity contribution is -0.103. The van der Waals surface area contributed by atoms with E-state index in [4.69, 9.17) is 15.2 Å². The van der Waals surface area contributed by atoms with Crippen LogP contribution in [0.15, 0.2) is 42.1 Å². The maximum atomic E-state index is 12.3. The van der Waals surface area contributed by atoms with Gasteiger partial charge in [-0.1, -0.05) is 6.08 Å². The van der Waals surface area contributed by atoms with Crippen molar-refractivity contribution in [2.75, 3.05) is 38.6 Å². The number of anilines is 1. The third-order valence-corrected chi connectivity index (χ3v) is 5.64. The highest BCUT2D eigenvalue weighted by atomic mass is 16.6. The summed E-state index contributed by atoms with van der Waals surface area (Å²) < 4.78 is 11.5. The van der Waals surface area contributed by atoms with Crippen LogP contribution in [0, 0.1) is 5.92 Å². The number of phenols is 1. The molecule has 3 aliphatic rings. The Hall–Kier alpha value is -2.51. The van der Waals surface area contributed by atoms with E-state index in [1.165, 1.54) is 11.8 Å². The van der Waals surface area contributed by atoms with Crippen LogP contribution in [-0.2, 0) is 9.47 Å². The van der Waals surface area contributed by atoms with Gasteiger partial charge >= 0.3 is 0 Å². The van der Waals surface area contributed by atoms with Gasteiger partial charge in [0.05, 0.1) is 18.9 Å². The number of hydrogen-bond acceptors (Lipinski definition) is 6. The molecule has 1 aliphatic carbocycles. The number of likely N-dealkylation sites (tertiary alicyclic amines) is 1. The zero-order valence-corrected chi connectivity index (χ0v) is 15.8. The summed E-state index contributed by atoms with van der Waals surface area (Å²) >= 11 is 0. The summed E-state index contributed by atoms with van der Waals surface area (Å²) in [6.07, 6.45) is 8.48. The standard InChI is InChI=1S/C21H27N3O4/c22-17-3-1-15(11-18(17)25)21(26)23-13-14-5-7-24(8-6-14)16-2-4-19-20(12-16)28-10-9-27-19/h1-4,11-12,14,19-20,25H,5-10,13,22H2,(H,23,26)/t19-,20?/m1/s1. The molecule has 2 aliphatic heterocycles. The fourth-order valence-electron chi connectivity index (χ4n) is 3.91. The number of ether oxygens (including phenoxy) is 2. The van der Waals surface area contributed by atoms with Gasteiger partial charge in [0.1, 0.15) is 18.0 Å². The van der Waals surface area contributed by atoms with Crippen molar-refractivity contribution in [3.05, 3.63) is 47.7 Å². The van der Waals surface area contributed by atoms with Crippen LogP contribution >= 0.6 is 0 Å². The Kier molecular flexibility index (Phi) is 5.54. The van der Waals surface area contributed by atoms with Crippen molar-refractivity contribution in [2.45, 2.75) is 25.0 Å². The van der Waals surface area contributed by atoms with Crippen molar-refractivity contribution >= 4 is 11.6 Å². The highest BCUT2D eigenvalue weighted by molar-refractivity contribution is 5.95. The van der Waals surface area contributed by atoms with Gasteiger partial charge in [-0.3, -0.25) is 4.79 Å². The van der Waals surface area contributed by atoms with E-state index in [-0.39, 0.29) is 29.6 Å². The highest BCUT2D eigenvalue weighted by Crippen LogP contribution is 2.26. The molecule has 0 radical (unpaired) electrons. The minimum Gasteiger partial charge on any atom is -0.506 e. The van der Waals surface area contributed by atoms with Crippen molar-refractivity contribution in [1.29, 1.82) is 0 Å². The molecule has 28 heavy (non-hydrogen) atoms. The average molecular weight is 385 g/mol. The minimum atomic E-state index is -0.184. The normalized spacial score (nSPS) is 25.1. The largest absolute Gasteiger partial charge is 0.506 e. The number of allylic oxidation sites excluding steroid dienone is 1. The van der Waals surface area contributed by atoms with Crippen LogP contribution in [-0.4, -0.2) is 61.0 Å². The molecule has 2 saturated heterocycles. The number of aromatic hydroxyl groups is 1. The van der Waals surface area contributed by atoms with Crippen LogP contribution < -0.4 is 11.1 Å². The Labute approximate surface area is 164 Å². The lowest BCUT2D eigenvalue weighted by atomic mass is 9.95. The number of benzene rings is 1. The van der Waals surface area contributed by atoms with Crippen LogP contribution in [0.3, 0.4) is 0 Å². The van der Waals surface area contributed by atoms with Crippen LogP contribution in [0.4, 0.5) is 5.69 Å². The fraction of sp³-hybridized carbons (Fsp3) is 0.476. The number of amides is 1. The minimum absolute atomic E-state index is 0.0158. The second kappa shape index (κ2) is 8.24. The van der Waals surface area contributed by atoms with Gasteiger partial charge in [0.2, 0.25) is 0 Å². The molecule has 7 nitrogen and oxygen atoms in total. The van der Waals surface area contributed by atoms with Crippen LogP contribution in [0.25, 0.3) is 0 Å². The number of nitrogen functional groups attached to an aromatic ring is 1. The lowest BCUT2D eigenvalue weighted by Crippen LogP contribution is -2.41. The van der Waals surface area contributed by atoms with E-state index in [1.807, 2.05) is 0 Å². The maximum Gasteiger partial charge on any atom is 0.251 e. The maximum absolute atomic E-state index is 12.3. The monoisotopic (exact) mass is 385 g/mol. The van der Waals surface area contributed by atoms with Gasteiger partial charge < -0.3 is 30.5 Å². The van der Waals surface area contributed by atoms with E-state index in [1.54, 1.807) is 12.1 Å². The number of carbonyl (C=O) groups excluding carboxylic acids is 1. The highest BCUT2D eigenvalue weighted by Gasteiger charge is 2.28. The van der Waals surface area contributed by atoms with E-state index < -0.39 is 0 Å². The predicted molar refractivity (Wildman–Crippen MR) is 106 cm³/mol. The van der Waals surface area contributed by atoms with Crippen LogP contribution in [0.2, 0.25) is 0 Å². The summed E-state index contributed by atoms with van der Waals surface area (Å²) in [5.74, 6) is 0.193. The summed E-state index contributed by atoms with van der Waals surface area (Å²) in [7, 11) is 0. The van der Waals surface area contributed by atoms with Crippen molar-refractivity contribution in [1.82, 2.24) is 10.2 Å². The number of carbonyl (C=O) groups is 1. The van der Waals surface area contributed by atoms with Crippen molar-refractivity contribution in [3.63, 3.8) is 0 Å². The number of nitrogens with zero attached hydrogens (tertiary/aromatic N) is 1. The van der Waals surface area contributed by atoms with Gasteiger partial charge in [-0.15, -0.1) is 0 Å². The first-order valence-corrected chi connectivity index (χ1v) is 9.85. The van der Waals surface area contributed by atoms with E-state index >= 15 is 0 Å². The Morgan fingerprint density at radius 2 is 1.96 bits per heavy atom. The molecule has 0 spiro atoms. The van der Waals surface area contributed by atoms with Crippen LogP contribution in [0.5, 0.6) is 5.75 Å². The number of rotatable bonds is 4. The fourth-order valence-corrected chi connectivity index (χ4v) is 3.91. The number of hydrogen-bond donors (Lipinski definition) is 3. The van der Waals surface area contributed by atoms with Gasteiger partial charge in [0.25, 0.3) is 5.91 Å². The molecule has 1 unspecified atom stereocenters. The molecule has 2 heterocycles. The average Bonchev–Trinajstić information content (AvgIpc) is 2.74. The Morgan fingerprint density at radius 1 is 1.21 bits per heavy atom. The van der Waals surface area contributed by atoms with Crippen molar-refractivity contribution in [3.8, 4) is 5.75 Å². The quantitative estimate of drug-likeness (QED) is 0.539. The first kappa shape index (κ1) is 18.8. The molecule has 1 aromatic rings. The number of piperidine rings is 1. The molecule has 0 saturated carbocycles. The SMILES string of the molecule is Nc1ccc(C(=O)NCC2CCN(C3=CC4OCCO[C@@H]4C=C3)CC2)cc1O. The third kappa shape index (κ3) is 4.15. The molecule has 4 N–H and O–H groups in total. The zero-order valence-electron chi connectivity index (χ0n) is 15.8. The van der Waals surface area contributed by atoms with Gasteiger partial charge in [-0.25, -0.2) is 0 Å². The predicted octanol–water partition coefficient (Wildman–Crippen LogP) is 1.65. The van der Waals surface area contributed by atoms with Gasteiger partial charge in [-0.05, 0) is 49.1 Å². The molecule has 4 rings (SSSR count). The summed E-state index contributed by atoms with van der Waals surface area (Å²) in [5, 5.41) is 12.6. The Balaban J connectivity index is 1.25. The number of nitrogens with two attached hydrogens (primary N) is 1. The summed E-state index contributed by atoms with van der Waals surface area (Å²) in [5.41, 5.74) is 7.47. The smallest absolute Gasteiger partial charge is 0.251 e. The number of nitrogens with one attached hydrogen (secondary N) is 1. The van der Waals surface area contributed by atoms with E-state index in [9.17, 15) is 9.90 Å². The molecule has 1 amide bonds. The zero-order chi connectivity index (χ0) is 19.5. The van der Waals surface area contributed by atoms with Crippen molar-refractivity contribution in [2.24, 2.45) is 5.92 Å². The molecule has 0 bridgehead atoms. The molecule has 150 valence electrons. The molecular weight excluding hydrogens is 358 g/mol. The molecule has 7 heteroatoms. The summed E-state index contributed by atoms with van der Waals surface area (Å²) in [4.78, 5) is 14.7.